The third-order valence-electron chi connectivity index (χ3n) is 3.09. The molecule has 1 aromatic rings. The largest absolute Gasteiger partial charge is 0.369 e. The van der Waals surface area contributed by atoms with Crippen molar-refractivity contribution in [3.8, 4) is 0 Å². The van der Waals surface area contributed by atoms with E-state index in [9.17, 15) is 13.2 Å². The normalized spacial score (nSPS) is 11.8. The van der Waals surface area contributed by atoms with Gasteiger partial charge in [0, 0.05) is 6.54 Å². The summed E-state index contributed by atoms with van der Waals surface area (Å²) in [6.07, 6.45) is 2.21. The van der Waals surface area contributed by atoms with Crippen molar-refractivity contribution in [3.63, 3.8) is 0 Å². The molecule has 1 amide bonds. The molecule has 21 heavy (non-hydrogen) atoms. The quantitative estimate of drug-likeness (QED) is 0.691. The Balaban J connectivity index is 3.00. The van der Waals surface area contributed by atoms with Crippen molar-refractivity contribution in [2.24, 2.45) is 11.5 Å². The molecule has 0 spiro atoms. The highest BCUT2D eigenvalue weighted by atomic mass is 32.2. The van der Waals surface area contributed by atoms with Gasteiger partial charge in [-0.25, -0.2) is 8.42 Å². The number of hydrogen-bond acceptors (Lipinski definition) is 4. The Morgan fingerprint density at radius 3 is 2.33 bits per heavy atom. The number of amides is 1. The smallest absolute Gasteiger partial charge is 0.243 e. The lowest BCUT2D eigenvalue weighted by Gasteiger charge is -2.20. The van der Waals surface area contributed by atoms with E-state index in [-0.39, 0.29) is 18.0 Å². The average molecular weight is 313 g/mol. The zero-order valence-electron chi connectivity index (χ0n) is 12.3. The van der Waals surface area contributed by atoms with E-state index in [1.165, 1.54) is 0 Å². The van der Waals surface area contributed by atoms with Crippen molar-refractivity contribution >= 4 is 15.9 Å². The van der Waals surface area contributed by atoms with Gasteiger partial charge in [-0.1, -0.05) is 25.5 Å². The molecule has 0 aliphatic rings. The summed E-state index contributed by atoms with van der Waals surface area (Å²) >= 11 is 0. The van der Waals surface area contributed by atoms with Gasteiger partial charge in [0.1, 0.15) is 0 Å². The first-order valence-corrected chi connectivity index (χ1v) is 8.43. The van der Waals surface area contributed by atoms with Crippen molar-refractivity contribution in [1.82, 2.24) is 4.31 Å². The third-order valence-corrected chi connectivity index (χ3v) is 4.95. The van der Waals surface area contributed by atoms with Crippen LogP contribution < -0.4 is 11.5 Å². The highest BCUT2D eigenvalue weighted by Gasteiger charge is 2.25. The van der Waals surface area contributed by atoms with Gasteiger partial charge in [0.05, 0.1) is 11.4 Å². The molecule has 0 saturated heterocycles. The standard InChI is InChI=1S/C14H23N3O3S/c1-2-3-10-17(11-14(16)18)21(19,20)13-6-4-12(5-7-13)8-9-15/h4-7H,2-3,8-11,15H2,1H3,(H2,16,18). The number of hydrogen-bond donors (Lipinski definition) is 2. The van der Waals surface area contributed by atoms with Crippen LogP contribution in [0.1, 0.15) is 25.3 Å². The fraction of sp³-hybridized carbons (Fsp3) is 0.500. The molecule has 0 fully saturated rings. The van der Waals surface area contributed by atoms with E-state index in [0.29, 0.717) is 19.4 Å². The molecule has 0 aliphatic heterocycles. The molecule has 4 N–H and O–H groups in total. The first-order chi connectivity index (χ1) is 9.91. The molecule has 0 atom stereocenters. The molecule has 0 saturated carbocycles. The van der Waals surface area contributed by atoms with Crippen LogP contribution in [-0.4, -0.2) is 38.3 Å². The van der Waals surface area contributed by atoms with E-state index in [4.69, 9.17) is 11.5 Å². The number of carbonyl (C=O) groups is 1. The van der Waals surface area contributed by atoms with Crippen molar-refractivity contribution in [3.05, 3.63) is 29.8 Å². The molecule has 6 nitrogen and oxygen atoms in total. The predicted molar refractivity (Wildman–Crippen MR) is 82.1 cm³/mol. The van der Waals surface area contributed by atoms with Crippen LogP contribution in [0.15, 0.2) is 29.2 Å². The van der Waals surface area contributed by atoms with Crippen LogP contribution in [0.3, 0.4) is 0 Å². The lowest BCUT2D eigenvalue weighted by molar-refractivity contribution is -0.118. The number of nitrogens with zero attached hydrogens (tertiary/aromatic N) is 1. The van der Waals surface area contributed by atoms with Gasteiger partial charge in [-0.15, -0.1) is 0 Å². The lowest BCUT2D eigenvalue weighted by atomic mass is 10.2. The monoisotopic (exact) mass is 313 g/mol. The number of rotatable bonds is 9. The second kappa shape index (κ2) is 8.11. The Hall–Kier alpha value is -1.44. The average Bonchev–Trinajstić information content (AvgIpc) is 2.44. The summed E-state index contributed by atoms with van der Waals surface area (Å²) in [4.78, 5) is 11.3. The van der Waals surface area contributed by atoms with Gasteiger partial charge in [-0.05, 0) is 37.1 Å². The molecule has 0 unspecified atom stereocenters. The molecule has 0 aromatic heterocycles. The Bertz CT molecular complexity index is 555. The van der Waals surface area contributed by atoms with Crippen LogP contribution in [0.5, 0.6) is 0 Å². The SMILES string of the molecule is CCCCN(CC(N)=O)S(=O)(=O)c1ccc(CCN)cc1. The molecule has 7 heteroatoms. The maximum Gasteiger partial charge on any atom is 0.243 e. The van der Waals surface area contributed by atoms with Gasteiger partial charge in [0.25, 0.3) is 0 Å². The van der Waals surface area contributed by atoms with Crippen LogP contribution in [-0.2, 0) is 21.2 Å². The minimum Gasteiger partial charge on any atom is -0.369 e. The van der Waals surface area contributed by atoms with Gasteiger partial charge in [-0.3, -0.25) is 4.79 Å². The van der Waals surface area contributed by atoms with Gasteiger partial charge in [-0.2, -0.15) is 4.31 Å². The van der Waals surface area contributed by atoms with Crippen LogP contribution in [0.2, 0.25) is 0 Å². The van der Waals surface area contributed by atoms with Crippen LogP contribution in [0.25, 0.3) is 0 Å². The highest BCUT2D eigenvalue weighted by molar-refractivity contribution is 7.89. The molecule has 0 bridgehead atoms. The molecular formula is C14H23N3O3S. The first-order valence-electron chi connectivity index (χ1n) is 6.99. The van der Waals surface area contributed by atoms with E-state index < -0.39 is 15.9 Å². The second-order valence-corrected chi connectivity index (χ2v) is 6.78. The van der Waals surface area contributed by atoms with Crippen LogP contribution in [0, 0.1) is 0 Å². The zero-order valence-corrected chi connectivity index (χ0v) is 13.1. The zero-order chi connectivity index (χ0) is 15.9. The van der Waals surface area contributed by atoms with Crippen molar-refractivity contribution in [2.45, 2.75) is 31.1 Å². The summed E-state index contributed by atoms with van der Waals surface area (Å²) < 4.78 is 26.2. The Labute approximate surface area is 126 Å². The number of carbonyl (C=O) groups excluding carboxylic acids is 1. The third kappa shape index (κ3) is 5.11. The van der Waals surface area contributed by atoms with E-state index in [2.05, 4.69) is 0 Å². The van der Waals surface area contributed by atoms with Crippen LogP contribution in [0.4, 0.5) is 0 Å². The van der Waals surface area contributed by atoms with Gasteiger partial charge < -0.3 is 11.5 Å². The molecule has 1 aromatic carbocycles. The minimum atomic E-state index is -3.70. The Kier molecular flexibility index (Phi) is 6.80. The number of nitrogens with two attached hydrogens (primary N) is 2. The summed E-state index contributed by atoms with van der Waals surface area (Å²) in [7, 11) is -3.70. The number of benzene rings is 1. The highest BCUT2D eigenvalue weighted by Crippen LogP contribution is 2.17. The summed E-state index contributed by atoms with van der Waals surface area (Å²) in [6.45, 7) is 2.45. The van der Waals surface area contributed by atoms with Crippen molar-refractivity contribution in [1.29, 1.82) is 0 Å². The fourth-order valence-corrected chi connectivity index (χ4v) is 3.38. The maximum absolute atomic E-state index is 12.5. The maximum atomic E-state index is 12.5. The predicted octanol–water partition coefficient (Wildman–Crippen LogP) is 0.464. The molecule has 0 heterocycles. The first kappa shape index (κ1) is 17.6. The van der Waals surface area contributed by atoms with Gasteiger partial charge >= 0.3 is 0 Å². The minimum absolute atomic E-state index is 0.167. The summed E-state index contributed by atoms with van der Waals surface area (Å²) in [5.74, 6) is -0.658. The molecule has 0 aliphatic carbocycles. The summed E-state index contributed by atoms with van der Waals surface area (Å²) in [6, 6.07) is 6.56. The van der Waals surface area contributed by atoms with E-state index >= 15 is 0 Å². The number of unbranched alkanes of at least 4 members (excludes halogenated alkanes) is 1. The fourth-order valence-electron chi connectivity index (χ4n) is 1.94. The lowest BCUT2D eigenvalue weighted by Crippen LogP contribution is -2.39. The number of sulfonamides is 1. The molecule has 118 valence electrons. The van der Waals surface area contributed by atoms with E-state index in [0.717, 1.165) is 16.3 Å². The number of primary amides is 1. The van der Waals surface area contributed by atoms with Gasteiger partial charge in [0.2, 0.25) is 15.9 Å². The molecule has 0 radical (unpaired) electrons. The van der Waals surface area contributed by atoms with E-state index in [1.807, 2.05) is 6.92 Å². The van der Waals surface area contributed by atoms with Gasteiger partial charge in [0.15, 0.2) is 0 Å². The summed E-state index contributed by atoms with van der Waals surface area (Å²) in [5.41, 5.74) is 11.6. The second-order valence-electron chi connectivity index (χ2n) is 4.84. The van der Waals surface area contributed by atoms with Crippen molar-refractivity contribution in [2.75, 3.05) is 19.6 Å². The van der Waals surface area contributed by atoms with E-state index in [1.54, 1.807) is 24.3 Å². The molecule has 1 rings (SSSR count). The Morgan fingerprint density at radius 1 is 1.24 bits per heavy atom. The summed E-state index contributed by atoms with van der Waals surface area (Å²) in [5, 5.41) is 0. The Morgan fingerprint density at radius 2 is 1.86 bits per heavy atom. The molecular weight excluding hydrogens is 290 g/mol. The van der Waals surface area contributed by atoms with Crippen molar-refractivity contribution < 1.29 is 13.2 Å². The van der Waals surface area contributed by atoms with Crippen LogP contribution >= 0.6 is 0 Å². The topological polar surface area (TPSA) is 106 Å².